The van der Waals surface area contributed by atoms with E-state index in [2.05, 4.69) is 17.2 Å². The Labute approximate surface area is 220 Å². The Kier molecular flexibility index (Phi) is 7.85. The number of carboxylic acid groups (broad SMARTS) is 2. The van der Waals surface area contributed by atoms with Crippen LogP contribution in [-0.2, 0) is 14.4 Å². The number of nitrogens with one attached hydrogen (secondary N) is 2. The van der Waals surface area contributed by atoms with E-state index < -0.39 is 17.8 Å². The van der Waals surface area contributed by atoms with Crippen molar-refractivity contribution < 1.29 is 34.1 Å². The van der Waals surface area contributed by atoms with Crippen LogP contribution in [0.25, 0.3) is 11.1 Å². The van der Waals surface area contributed by atoms with Crippen LogP contribution < -0.4 is 20.1 Å². The van der Waals surface area contributed by atoms with Crippen molar-refractivity contribution in [3.63, 3.8) is 0 Å². The highest BCUT2D eigenvalue weighted by molar-refractivity contribution is 6.09. The van der Waals surface area contributed by atoms with Gasteiger partial charge in [-0.3, -0.25) is 4.79 Å². The molecule has 9 nitrogen and oxygen atoms in total. The molecule has 4 rings (SSSR count). The molecule has 4 N–H and O–H groups in total. The van der Waals surface area contributed by atoms with Crippen molar-refractivity contribution in [2.24, 2.45) is 0 Å². The van der Waals surface area contributed by atoms with E-state index in [-0.39, 0.29) is 5.57 Å². The summed E-state index contributed by atoms with van der Waals surface area (Å²) in [5.74, 6) is -1.45. The van der Waals surface area contributed by atoms with E-state index in [1.807, 2.05) is 24.3 Å². The molecule has 0 saturated carbocycles. The lowest BCUT2D eigenvalue weighted by molar-refractivity contribution is -0.133. The largest absolute Gasteiger partial charge is 0.495 e. The molecule has 2 aromatic carbocycles. The molecular weight excluding hydrogens is 488 g/mol. The van der Waals surface area contributed by atoms with E-state index in [0.717, 1.165) is 23.1 Å². The van der Waals surface area contributed by atoms with Crippen molar-refractivity contribution in [1.29, 1.82) is 0 Å². The lowest BCUT2D eigenvalue weighted by Crippen LogP contribution is -2.16. The number of ether oxygens (including phenoxy) is 2. The van der Waals surface area contributed by atoms with Crippen molar-refractivity contribution >= 4 is 29.2 Å². The second-order valence-electron chi connectivity index (χ2n) is 9.12. The Balaban J connectivity index is 1.56. The first-order chi connectivity index (χ1) is 18.2. The van der Waals surface area contributed by atoms with E-state index >= 15 is 0 Å². The first kappa shape index (κ1) is 26.5. The molecule has 0 heterocycles. The zero-order valence-electron chi connectivity index (χ0n) is 21.3. The third-order valence-electron chi connectivity index (χ3n) is 6.86. The Morgan fingerprint density at radius 2 is 1.16 bits per heavy atom. The monoisotopic (exact) mass is 518 g/mol. The highest BCUT2D eigenvalue weighted by Gasteiger charge is 2.26. The number of rotatable bonds is 10. The van der Waals surface area contributed by atoms with Crippen molar-refractivity contribution in [2.75, 3.05) is 24.9 Å². The average Bonchev–Trinajstić information content (AvgIpc) is 3.60. The zero-order valence-corrected chi connectivity index (χ0v) is 21.3. The number of aliphatic carboxylic acids is 2. The number of anilines is 2. The van der Waals surface area contributed by atoms with Crippen LogP contribution in [0.1, 0.15) is 38.5 Å². The predicted octanol–water partition coefficient (Wildman–Crippen LogP) is 5.37. The Morgan fingerprint density at radius 3 is 1.66 bits per heavy atom. The minimum atomic E-state index is -1.06. The summed E-state index contributed by atoms with van der Waals surface area (Å²) >= 11 is 0. The fraction of sp³-hybridized carbons (Fsp3) is 0.276. The molecule has 0 bridgehead atoms. The number of carbonyl (C=O) groups excluding carboxylic acids is 1. The maximum atomic E-state index is 12.8. The van der Waals surface area contributed by atoms with Gasteiger partial charge in [0, 0.05) is 22.4 Å². The third-order valence-corrected chi connectivity index (χ3v) is 6.86. The fourth-order valence-corrected chi connectivity index (χ4v) is 4.93. The smallest absolute Gasteiger partial charge is 0.332 e. The maximum absolute atomic E-state index is 12.8. The Bertz CT molecular complexity index is 1280. The number of amides is 1. The van der Waals surface area contributed by atoms with E-state index in [4.69, 9.17) is 9.47 Å². The molecule has 2 aliphatic rings. The fourth-order valence-electron chi connectivity index (χ4n) is 4.93. The first-order valence-electron chi connectivity index (χ1n) is 12.3. The molecule has 0 saturated heterocycles. The summed E-state index contributed by atoms with van der Waals surface area (Å²) in [6, 6.07) is 10.9. The van der Waals surface area contributed by atoms with Crippen molar-refractivity contribution in [3.05, 3.63) is 71.0 Å². The van der Waals surface area contributed by atoms with Gasteiger partial charge in [0.1, 0.15) is 11.5 Å². The van der Waals surface area contributed by atoms with E-state index in [9.17, 15) is 24.6 Å². The minimum absolute atomic E-state index is 0.157. The lowest BCUT2D eigenvalue weighted by Gasteiger charge is -2.17. The first-order valence-corrected chi connectivity index (χ1v) is 12.3. The molecule has 1 amide bonds. The van der Waals surface area contributed by atoms with Gasteiger partial charge in [-0.2, -0.15) is 0 Å². The van der Waals surface area contributed by atoms with Crippen LogP contribution in [-0.4, -0.2) is 42.3 Å². The second kappa shape index (κ2) is 11.2. The molecule has 198 valence electrons. The van der Waals surface area contributed by atoms with Crippen molar-refractivity contribution in [2.45, 2.75) is 38.5 Å². The summed E-state index contributed by atoms with van der Waals surface area (Å²) in [6.45, 7) is 4.04. The van der Waals surface area contributed by atoms with Crippen LogP contribution in [0, 0.1) is 0 Å². The van der Waals surface area contributed by atoms with E-state index in [1.54, 1.807) is 19.2 Å². The summed E-state index contributed by atoms with van der Waals surface area (Å²) in [5, 5.41) is 24.8. The third kappa shape index (κ3) is 5.41. The van der Waals surface area contributed by atoms with Crippen LogP contribution in [0.5, 0.6) is 11.5 Å². The second-order valence-corrected chi connectivity index (χ2v) is 9.12. The molecule has 0 aliphatic heterocycles. The number of carboxylic acids is 2. The number of methoxy groups -OCH3 is 2. The van der Waals surface area contributed by atoms with E-state index in [0.29, 0.717) is 71.8 Å². The van der Waals surface area contributed by atoms with Gasteiger partial charge in [-0.15, -0.1) is 0 Å². The van der Waals surface area contributed by atoms with Crippen LogP contribution in [0.15, 0.2) is 71.0 Å². The summed E-state index contributed by atoms with van der Waals surface area (Å²) in [4.78, 5) is 35.7. The van der Waals surface area contributed by atoms with Crippen LogP contribution in [0.4, 0.5) is 11.4 Å². The quantitative estimate of drug-likeness (QED) is 0.330. The van der Waals surface area contributed by atoms with Gasteiger partial charge < -0.3 is 30.3 Å². The Hall–Kier alpha value is -4.53. The number of benzene rings is 2. The van der Waals surface area contributed by atoms with Gasteiger partial charge in [0.15, 0.2) is 0 Å². The summed E-state index contributed by atoms with van der Waals surface area (Å²) in [7, 11) is 3.04. The molecule has 0 fully saturated rings. The minimum Gasteiger partial charge on any atom is -0.495 e. The molecule has 2 aromatic rings. The van der Waals surface area contributed by atoms with Crippen LogP contribution in [0.2, 0.25) is 0 Å². The normalized spacial score (nSPS) is 14.9. The molecule has 9 heteroatoms. The average molecular weight is 519 g/mol. The summed E-state index contributed by atoms with van der Waals surface area (Å²) in [6.07, 6.45) is 3.41. The maximum Gasteiger partial charge on any atom is 0.332 e. The van der Waals surface area contributed by atoms with Crippen LogP contribution >= 0.6 is 0 Å². The number of carbonyl (C=O) groups is 3. The lowest BCUT2D eigenvalue weighted by atomic mass is 10.0. The van der Waals surface area contributed by atoms with Gasteiger partial charge in [0.25, 0.3) is 5.91 Å². The number of hydrogen-bond donors (Lipinski definition) is 4. The highest BCUT2D eigenvalue weighted by atomic mass is 16.5. The molecular formula is C29H30N2O7. The molecule has 0 atom stereocenters. The predicted molar refractivity (Wildman–Crippen MR) is 143 cm³/mol. The van der Waals surface area contributed by atoms with Gasteiger partial charge >= 0.3 is 11.9 Å². The number of hydrogen-bond acceptors (Lipinski definition) is 6. The van der Waals surface area contributed by atoms with Crippen molar-refractivity contribution in [3.8, 4) is 22.6 Å². The van der Waals surface area contributed by atoms with Crippen molar-refractivity contribution in [1.82, 2.24) is 0 Å². The summed E-state index contributed by atoms with van der Waals surface area (Å²) < 4.78 is 11.1. The molecule has 0 radical (unpaired) electrons. The Morgan fingerprint density at radius 1 is 0.711 bits per heavy atom. The van der Waals surface area contributed by atoms with Gasteiger partial charge in [-0.25, -0.2) is 9.59 Å². The SMILES string of the molecule is C=C(Nc1ccc(-c2ccc(NC(=O)C3=C(C(=O)O)CCC3)c(OC)c2)cc1OC)C1=C(C(=O)O)CCC1. The molecule has 0 unspecified atom stereocenters. The standard InChI is InChI=1S/C29H30N2O7/c1-16(19-6-4-8-21(19)28(33)34)30-23-12-10-17(14-25(23)37-2)18-11-13-24(26(15-18)38-3)31-27(32)20-7-5-9-22(20)29(35)36/h10-15,30H,1,4-9H2,2-3H3,(H,31,32)(H,33,34)(H,35,36). The van der Waals surface area contributed by atoms with E-state index in [1.165, 1.54) is 7.11 Å². The van der Waals surface area contributed by atoms with Gasteiger partial charge in [-0.1, -0.05) is 18.7 Å². The van der Waals surface area contributed by atoms with Gasteiger partial charge in [0.05, 0.1) is 25.6 Å². The topological polar surface area (TPSA) is 134 Å². The van der Waals surface area contributed by atoms with Gasteiger partial charge in [-0.05, 0) is 79.5 Å². The van der Waals surface area contributed by atoms with Gasteiger partial charge in [0.2, 0.25) is 0 Å². The number of allylic oxidation sites excluding steroid dienone is 1. The summed E-state index contributed by atoms with van der Waals surface area (Å²) in [5.41, 5.74) is 4.82. The van der Waals surface area contributed by atoms with Crippen LogP contribution in [0.3, 0.4) is 0 Å². The molecule has 2 aliphatic carbocycles. The highest BCUT2D eigenvalue weighted by Crippen LogP contribution is 2.38. The molecule has 0 spiro atoms. The molecule has 0 aromatic heterocycles. The molecule has 38 heavy (non-hydrogen) atoms. The zero-order chi connectivity index (χ0) is 27.4.